The van der Waals surface area contributed by atoms with Gasteiger partial charge in [-0.2, -0.15) is 0 Å². The Morgan fingerprint density at radius 3 is 2.35 bits per heavy atom. The van der Waals surface area contributed by atoms with Crippen LogP contribution in [0.2, 0.25) is 0 Å². The summed E-state index contributed by atoms with van der Waals surface area (Å²) in [4.78, 5) is 0. The molecule has 0 saturated heterocycles. The highest BCUT2D eigenvalue weighted by Gasteiger charge is 2.52. The van der Waals surface area contributed by atoms with E-state index in [2.05, 4.69) is 13.8 Å². The first-order valence-electron chi connectivity index (χ1n) is 6.59. The van der Waals surface area contributed by atoms with Gasteiger partial charge in [0.15, 0.2) is 0 Å². The zero-order valence-electron chi connectivity index (χ0n) is 11.0. The van der Waals surface area contributed by atoms with Crippen molar-refractivity contribution in [1.29, 1.82) is 0 Å². The minimum Gasteiger partial charge on any atom is -0.393 e. The summed E-state index contributed by atoms with van der Waals surface area (Å²) in [5, 5.41) is 10.1. The van der Waals surface area contributed by atoms with E-state index in [1.165, 1.54) is 6.26 Å². The predicted octanol–water partition coefficient (Wildman–Crippen LogP) is 2.00. The summed E-state index contributed by atoms with van der Waals surface area (Å²) in [6, 6.07) is 0. The van der Waals surface area contributed by atoms with E-state index in [9.17, 15) is 13.5 Å². The molecule has 100 valence electrons. The normalized spacial score (nSPS) is 38.7. The Balaban J connectivity index is 1.98. The molecule has 2 aliphatic rings. The molecule has 2 rings (SSSR count). The van der Waals surface area contributed by atoms with Crippen LogP contribution in [0.25, 0.3) is 0 Å². The molecular formula is C13H24O3S. The van der Waals surface area contributed by atoms with Crippen molar-refractivity contribution >= 4 is 9.84 Å². The van der Waals surface area contributed by atoms with Crippen LogP contribution in [0.15, 0.2) is 0 Å². The molecular weight excluding hydrogens is 236 g/mol. The Morgan fingerprint density at radius 2 is 1.88 bits per heavy atom. The summed E-state index contributed by atoms with van der Waals surface area (Å²) in [7, 11) is -2.94. The molecule has 1 N–H and O–H groups in total. The summed E-state index contributed by atoms with van der Waals surface area (Å²) in [5.41, 5.74) is 0.261. The lowest BCUT2D eigenvalue weighted by molar-refractivity contribution is 0.0565. The smallest absolute Gasteiger partial charge is 0.150 e. The van der Waals surface area contributed by atoms with Crippen LogP contribution in [0, 0.1) is 17.3 Å². The van der Waals surface area contributed by atoms with Gasteiger partial charge in [-0.15, -0.1) is 0 Å². The van der Waals surface area contributed by atoms with Gasteiger partial charge in [-0.1, -0.05) is 20.3 Å². The fraction of sp³-hybridized carbons (Fsp3) is 1.00. The molecule has 2 fully saturated rings. The van der Waals surface area contributed by atoms with Gasteiger partial charge in [-0.05, 0) is 42.9 Å². The van der Waals surface area contributed by atoms with Crippen LogP contribution in [-0.4, -0.2) is 31.1 Å². The summed E-state index contributed by atoms with van der Waals surface area (Å²) in [6.45, 7) is 4.36. The maximum atomic E-state index is 11.6. The maximum absolute atomic E-state index is 11.6. The van der Waals surface area contributed by atoms with Gasteiger partial charge >= 0.3 is 0 Å². The summed E-state index contributed by atoms with van der Waals surface area (Å²) >= 11 is 0. The first-order chi connectivity index (χ1) is 7.72. The molecule has 4 atom stereocenters. The molecule has 3 nitrogen and oxygen atoms in total. The molecule has 0 aromatic rings. The number of rotatable bonds is 3. The van der Waals surface area contributed by atoms with Crippen molar-refractivity contribution in [3.05, 3.63) is 0 Å². The fourth-order valence-electron chi connectivity index (χ4n) is 3.30. The first kappa shape index (κ1) is 13.3. The van der Waals surface area contributed by atoms with Crippen LogP contribution in [0.3, 0.4) is 0 Å². The highest BCUT2D eigenvalue weighted by atomic mass is 32.2. The average Bonchev–Trinajstić information content (AvgIpc) is 2.86. The van der Waals surface area contributed by atoms with Crippen LogP contribution in [0.5, 0.6) is 0 Å². The molecule has 17 heavy (non-hydrogen) atoms. The monoisotopic (exact) mass is 260 g/mol. The number of hydrogen-bond acceptors (Lipinski definition) is 3. The van der Waals surface area contributed by atoms with Gasteiger partial charge in [0.05, 0.1) is 11.4 Å². The third kappa shape index (κ3) is 2.84. The second kappa shape index (κ2) is 4.23. The molecule has 0 aromatic carbocycles. The molecule has 0 aromatic heterocycles. The second-order valence-corrected chi connectivity index (χ2v) is 8.99. The van der Waals surface area contributed by atoms with Crippen molar-refractivity contribution < 1.29 is 13.5 Å². The van der Waals surface area contributed by atoms with Crippen molar-refractivity contribution in [2.75, 3.05) is 6.26 Å². The van der Waals surface area contributed by atoms with Gasteiger partial charge in [0.2, 0.25) is 0 Å². The van der Waals surface area contributed by atoms with Gasteiger partial charge < -0.3 is 5.11 Å². The SMILES string of the molecule is CC1(C)CC1C(O)C1CCCC(S(C)(=O)=O)C1. The molecule has 4 heteroatoms. The lowest BCUT2D eigenvalue weighted by Gasteiger charge is -2.32. The summed E-state index contributed by atoms with van der Waals surface area (Å²) in [5.74, 6) is 0.570. The molecule has 2 aliphatic carbocycles. The van der Waals surface area contributed by atoms with E-state index >= 15 is 0 Å². The van der Waals surface area contributed by atoms with E-state index in [1.54, 1.807) is 0 Å². The standard InChI is InChI=1S/C13H24O3S/c1-13(2)8-11(13)12(14)9-5-4-6-10(7-9)17(3,15)16/h9-12,14H,4-8H2,1-3H3. The minimum absolute atomic E-state index is 0.190. The van der Waals surface area contributed by atoms with Crippen LogP contribution in [-0.2, 0) is 9.84 Å². The Hall–Kier alpha value is -0.0900. The highest BCUT2D eigenvalue weighted by Crippen LogP contribution is 2.56. The number of aliphatic hydroxyl groups excluding tert-OH is 1. The van der Waals surface area contributed by atoms with E-state index < -0.39 is 9.84 Å². The average molecular weight is 260 g/mol. The molecule has 2 saturated carbocycles. The van der Waals surface area contributed by atoms with Gasteiger partial charge in [-0.3, -0.25) is 0 Å². The zero-order chi connectivity index (χ0) is 12.8. The lowest BCUT2D eigenvalue weighted by Crippen LogP contribution is -2.34. The Bertz CT molecular complexity index is 385. The van der Waals surface area contributed by atoms with Gasteiger partial charge in [0.1, 0.15) is 9.84 Å². The third-order valence-corrected chi connectivity index (χ3v) is 6.40. The van der Waals surface area contributed by atoms with E-state index in [4.69, 9.17) is 0 Å². The van der Waals surface area contributed by atoms with Gasteiger partial charge in [0, 0.05) is 6.26 Å². The second-order valence-electron chi connectivity index (χ2n) is 6.67. The van der Waals surface area contributed by atoms with Crippen molar-refractivity contribution in [2.45, 2.75) is 57.3 Å². The number of sulfone groups is 1. The lowest BCUT2D eigenvalue weighted by atomic mass is 9.82. The van der Waals surface area contributed by atoms with E-state index in [0.29, 0.717) is 12.3 Å². The Labute approximate surface area is 105 Å². The first-order valence-corrected chi connectivity index (χ1v) is 8.54. The third-order valence-electron chi connectivity index (χ3n) is 4.76. The minimum atomic E-state index is -2.94. The Morgan fingerprint density at radius 1 is 1.29 bits per heavy atom. The predicted molar refractivity (Wildman–Crippen MR) is 68.5 cm³/mol. The van der Waals surface area contributed by atoms with Crippen molar-refractivity contribution in [1.82, 2.24) is 0 Å². The van der Waals surface area contributed by atoms with Gasteiger partial charge in [-0.25, -0.2) is 8.42 Å². The van der Waals surface area contributed by atoms with Crippen molar-refractivity contribution in [3.8, 4) is 0 Å². The van der Waals surface area contributed by atoms with E-state index in [1.807, 2.05) is 0 Å². The summed E-state index contributed by atoms with van der Waals surface area (Å²) < 4.78 is 23.2. The molecule has 0 spiro atoms. The quantitative estimate of drug-likeness (QED) is 0.844. The van der Waals surface area contributed by atoms with Crippen LogP contribution in [0.1, 0.15) is 46.0 Å². The molecule has 0 bridgehead atoms. The molecule has 0 aliphatic heterocycles. The number of hydrogen-bond donors (Lipinski definition) is 1. The fourth-order valence-corrected chi connectivity index (χ4v) is 4.49. The topological polar surface area (TPSA) is 54.4 Å². The van der Waals surface area contributed by atoms with Crippen LogP contribution in [0.4, 0.5) is 0 Å². The molecule has 0 radical (unpaired) electrons. The largest absolute Gasteiger partial charge is 0.393 e. The van der Waals surface area contributed by atoms with Crippen LogP contribution >= 0.6 is 0 Å². The van der Waals surface area contributed by atoms with Crippen molar-refractivity contribution in [3.63, 3.8) is 0 Å². The zero-order valence-corrected chi connectivity index (χ0v) is 11.8. The molecule has 0 amide bonds. The highest BCUT2D eigenvalue weighted by molar-refractivity contribution is 7.91. The number of aliphatic hydroxyl groups is 1. The van der Waals surface area contributed by atoms with E-state index in [-0.39, 0.29) is 22.7 Å². The molecule has 4 unspecified atom stereocenters. The maximum Gasteiger partial charge on any atom is 0.150 e. The summed E-state index contributed by atoms with van der Waals surface area (Å²) in [6.07, 6.45) is 5.46. The van der Waals surface area contributed by atoms with Gasteiger partial charge in [0.25, 0.3) is 0 Å². The van der Waals surface area contributed by atoms with Crippen LogP contribution < -0.4 is 0 Å². The molecule has 0 heterocycles. The van der Waals surface area contributed by atoms with Crippen molar-refractivity contribution in [2.24, 2.45) is 17.3 Å². The van der Waals surface area contributed by atoms with E-state index in [0.717, 1.165) is 25.7 Å². The Kier molecular flexibility index (Phi) is 3.32.